The Morgan fingerprint density at radius 1 is 1.50 bits per heavy atom. The summed E-state index contributed by atoms with van der Waals surface area (Å²) in [5.74, 6) is 1.63. The predicted octanol–water partition coefficient (Wildman–Crippen LogP) is 3.06. The van der Waals surface area contributed by atoms with Gasteiger partial charge in [0.2, 0.25) is 5.91 Å². The minimum atomic E-state index is 0.264. The molecule has 1 aliphatic rings. The largest absolute Gasteiger partial charge is 0.448 e. The Labute approximate surface area is 125 Å². The highest BCUT2D eigenvalue weighted by molar-refractivity contribution is 6.28. The standard InChI is InChI=1S/C15H23ClN2O2/c1-3-11-10-18(15(19)4-2)8-7-13(11)17-9-12-5-6-14(16)20-12/h5-6,11,13,17H,3-4,7-10H2,1-2H3/t11-,13+/m1/s1. The Balaban J connectivity index is 1.87. The monoisotopic (exact) mass is 298 g/mol. The number of hydrogen-bond acceptors (Lipinski definition) is 3. The van der Waals surface area contributed by atoms with Crippen LogP contribution in [-0.4, -0.2) is 29.9 Å². The summed E-state index contributed by atoms with van der Waals surface area (Å²) in [4.78, 5) is 13.8. The molecule has 112 valence electrons. The summed E-state index contributed by atoms with van der Waals surface area (Å²) in [6, 6.07) is 4.09. The second-order valence-electron chi connectivity index (χ2n) is 5.34. The third kappa shape index (κ3) is 3.76. The van der Waals surface area contributed by atoms with Crippen molar-refractivity contribution in [2.24, 2.45) is 5.92 Å². The second kappa shape index (κ2) is 7.14. The molecule has 5 heteroatoms. The van der Waals surface area contributed by atoms with E-state index in [9.17, 15) is 4.79 Å². The number of piperidine rings is 1. The molecule has 1 saturated heterocycles. The number of nitrogens with zero attached hydrogens (tertiary/aromatic N) is 1. The zero-order valence-electron chi connectivity index (χ0n) is 12.2. The number of carbonyl (C=O) groups is 1. The topological polar surface area (TPSA) is 45.5 Å². The van der Waals surface area contributed by atoms with Gasteiger partial charge in [-0.1, -0.05) is 20.3 Å². The summed E-state index contributed by atoms with van der Waals surface area (Å²) in [5, 5.41) is 3.97. The maximum absolute atomic E-state index is 11.8. The zero-order chi connectivity index (χ0) is 14.5. The summed E-state index contributed by atoms with van der Waals surface area (Å²) in [6.45, 7) is 6.51. The van der Waals surface area contributed by atoms with Crippen molar-refractivity contribution in [2.45, 2.75) is 45.7 Å². The summed E-state index contributed by atoms with van der Waals surface area (Å²) in [5.41, 5.74) is 0. The van der Waals surface area contributed by atoms with E-state index < -0.39 is 0 Å². The van der Waals surface area contributed by atoms with Crippen molar-refractivity contribution >= 4 is 17.5 Å². The molecule has 1 aliphatic heterocycles. The van der Waals surface area contributed by atoms with E-state index >= 15 is 0 Å². The Hall–Kier alpha value is -1.00. The number of carbonyl (C=O) groups excluding carboxylic acids is 1. The van der Waals surface area contributed by atoms with Crippen LogP contribution in [0.2, 0.25) is 5.22 Å². The zero-order valence-corrected chi connectivity index (χ0v) is 12.9. The smallest absolute Gasteiger partial charge is 0.222 e. The summed E-state index contributed by atoms with van der Waals surface area (Å²) < 4.78 is 5.36. The third-order valence-corrected chi connectivity index (χ3v) is 4.28. The number of hydrogen-bond donors (Lipinski definition) is 1. The Bertz CT molecular complexity index is 447. The van der Waals surface area contributed by atoms with Gasteiger partial charge in [-0.2, -0.15) is 0 Å². The molecule has 0 saturated carbocycles. The van der Waals surface area contributed by atoms with E-state index in [1.807, 2.05) is 17.9 Å². The van der Waals surface area contributed by atoms with Crippen molar-refractivity contribution in [3.8, 4) is 0 Å². The van der Waals surface area contributed by atoms with E-state index in [2.05, 4.69) is 12.2 Å². The van der Waals surface area contributed by atoms with Crippen LogP contribution < -0.4 is 5.32 Å². The molecule has 0 aliphatic carbocycles. The number of halogens is 1. The highest BCUT2D eigenvalue weighted by atomic mass is 35.5. The van der Waals surface area contributed by atoms with Crippen LogP contribution in [0, 0.1) is 5.92 Å². The molecule has 1 amide bonds. The van der Waals surface area contributed by atoms with Crippen LogP contribution in [0.25, 0.3) is 0 Å². The van der Waals surface area contributed by atoms with Crippen LogP contribution in [0.1, 0.15) is 38.9 Å². The SMILES string of the molecule is CCC(=O)N1CC[C@H](NCc2ccc(Cl)o2)[C@H](CC)C1. The Morgan fingerprint density at radius 3 is 2.90 bits per heavy atom. The van der Waals surface area contributed by atoms with E-state index in [4.69, 9.17) is 16.0 Å². The molecule has 0 aromatic carbocycles. The molecule has 0 unspecified atom stereocenters. The quantitative estimate of drug-likeness (QED) is 0.909. The third-order valence-electron chi connectivity index (χ3n) is 4.08. The molecule has 1 N–H and O–H groups in total. The van der Waals surface area contributed by atoms with Crippen molar-refractivity contribution in [3.63, 3.8) is 0 Å². The van der Waals surface area contributed by atoms with Crippen LogP contribution >= 0.6 is 11.6 Å². The highest BCUT2D eigenvalue weighted by Gasteiger charge is 2.29. The average Bonchev–Trinajstić information content (AvgIpc) is 2.89. The average molecular weight is 299 g/mol. The molecule has 4 nitrogen and oxygen atoms in total. The summed E-state index contributed by atoms with van der Waals surface area (Å²) in [7, 11) is 0. The van der Waals surface area contributed by atoms with E-state index in [-0.39, 0.29) is 5.91 Å². The molecule has 0 spiro atoms. The van der Waals surface area contributed by atoms with Gasteiger partial charge in [0, 0.05) is 25.6 Å². The molecular formula is C15H23ClN2O2. The number of rotatable bonds is 5. The summed E-state index contributed by atoms with van der Waals surface area (Å²) in [6.07, 6.45) is 2.67. The molecule has 1 aromatic heterocycles. The molecule has 20 heavy (non-hydrogen) atoms. The Morgan fingerprint density at radius 2 is 2.30 bits per heavy atom. The maximum atomic E-state index is 11.8. The molecule has 0 bridgehead atoms. The van der Waals surface area contributed by atoms with Crippen molar-refractivity contribution in [1.82, 2.24) is 10.2 Å². The van der Waals surface area contributed by atoms with Gasteiger partial charge in [0.05, 0.1) is 6.54 Å². The van der Waals surface area contributed by atoms with Crippen molar-refractivity contribution < 1.29 is 9.21 Å². The van der Waals surface area contributed by atoms with Crippen LogP contribution in [0.5, 0.6) is 0 Å². The minimum Gasteiger partial charge on any atom is -0.448 e. The van der Waals surface area contributed by atoms with E-state index in [1.54, 1.807) is 6.07 Å². The van der Waals surface area contributed by atoms with Gasteiger partial charge < -0.3 is 14.6 Å². The van der Waals surface area contributed by atoms with Gasteiger partial charge in [0.1, 0.15) is 5.76 Å². The fourth-order valence-corrected chi connectivity index (χ4v) is 3.01. The number of amides is 1. The first-order chi connectivity index (χ1) is 9.63. The first kappa shape index (κ1) is 15.4. The van der Waals surface area contributed by atoms with Crippen LogP contribution in [0.15, 0.2) is 16.5 Å². The van der Waals surface area contributed by atoms with Gasteiger partial charge in [-0.25, -0.2) is 0 Å². The van der Waals surface area contributed by atoms with Gasteiger partial charge >= 0.3 is 0 Å². The van der Waals surface area contributed by atoms with Gasteiger partial charge in [-0.05, 0) is 36.1 Å². The molecule has 2 atom stereocenters. The van der Waals surface area contributed by atoms with E-state index in [0.29, 0.717) is 30.1 Å². The number of nitrogens with one attached hydrogen (secondary N) is 1. The lowest BCUT2D eigenvalue weighted by Crippen LogP contribution is -2.50. The predicted molar refractivity (Wildman–Crippen MR) is 79.6 cm³/mol. The second-order valence-corrected chi connectivity index (χ2v) is 5.72. The molecule has 2 heterocycles. The van der Waals surface area contributed by atoms with Gasteiger partial charge in [-0.3, -0.25) is 4.79 Å². The fraction of sp³-hybridized carbons (Fsp3) is 0.667. The minimum absolute atomic E-state index is 0.264. The molecule has 1 aromatic rings. The van der Waals surface area contributed by atoms with Crippen molar-refractivity contribution in [2.75, 3.05) is 13.1 Å². The van der Waals surface area contributed by atoms with E-state index in [0.717, 1.165) is 31.7 Å². The first-order valence-electron chi connectivity index (χ1n) is 7.39. The molecule has 0 radical (unpaired) electrons. The molecule has 2 rings (SSSR count). The van der Waals surface area contributed by atoms with Crippen LogP contribution in [0.4, 0.5) is 0 Å². The lowest BCUT2D eigenvalue weighted by Gasteiger charge is -2.38. The van der Waals surface area contributed by atoms with Gasteiger partial charge in [0.25, 0.3) is 0 Å². The van der Waals surface area contributed by atoms with Crippen molar-refractivity contribution in [1.29, 1.82) is 0 Å². The van der Waals surface area contributed by atoms with Crippen LogP contribution in [-0.2, 0) is 11.3 Å². The Kier molecular flexibility index (Phi) is 5.49. The number of furan rings is 1. The molecular weight excluding hydrogens is 276 g/mol. The lowest BCUT2D eigenvalue weighted by molar-refractivity contribution is -0.133. The van der Waals surface area contributed by atoms with Gasteiger partial charge in [0.15, 0.2) is 5.22 Å². The first-order valence-corrected chi connectivity index (χ1v) is 7.77. The van der Waals surface area contributed by atoms with E-state index in [1.165, 1.54) is 0 Å². The van der Waals surface area contributed by atoms with Crippen molar-refractivity contribution in [3.05, 3.63) is 23.1 Å². The highest BCUT2D eigenvalue weighted by Crippen LogP contribution is 2.22. The maximum Gasteiger partial charge on any atom is 0.222 e. The van der Waals surface area contributed by atoms with Gasteiger partial charge in [-0.15, -0.1) is 0 Å². The summed E-state index contributed by atoms with van der Waals surface area (Å²) >= 11 is 5.77. The number of likely N-dealkylation sites (tertiary alicyclic amines) is 1. The lowest BCUT2D eigenvalue weighted by atomic mass is 9.89. The molecule has 1 fully saturated rings. The normalized spacial score (nSPS) is 23.1. The fourth-order valence-electron chi connectivity index (χ4n) is 2.84. The van der Waals surface area contributed by atoms with Crippen LogP contribution in [0.3, 0.4) is 0 Å².